The Bertz CT molecular complexity index is 583. The summed E-state index contributed by atoms with van der Waals surface area (Å²) in [6, 6.07) is 2.41. The molecule has 0 saturated carbocycles. The lowest BCUT2D eigenvalue weighted by atomic mass is 10.1. The molecule has 0 aliphatic rings. The summed E-state index contributed by atoms with van der Waals surface area (Å²) in [4.78, 5) is 5.88. The highest BCUT2D eigenvalue weighted by Crippen LogP contribution is 2.33. The number of hydrogen-bond donors (Lipinski definition) is 0. The molecule has 116 valence electrons. The van der Waals surface area contributed by atoms with Crippen LogP contribution in [-0.2, 0) is 6.42 Å². The van der Waals surface area contributed by atoms with E-state index in [2.05, 4.69) is 53.5 Å². The van der Waals surface area contributed by atoms with Crippen LogP contribution in [-0.4, -0.2) is 13.1 Å². The Morgan fingerprint density at radius 1 is 1.14 bits per heavy atom. The van der Waals surface area contributed by atoms with E-state index in [1.54, 1.807) is 21.4 Å². The Kier molecular flexibility index (Phi) is 6.23. The molecule has 0 saturated heterocycles. The van der Waals surface area contributed by atoms with Gasteiger partial charge in [-0.2, -0.15) is 0 Å². The zero-order chi connectivity index (χ0) is 15.5. The van der Waals surface area contributed by atoms with Crippen LogP contribution in [0.25, 0.3) is 9.88 Å². The van der Waals surface area contributed by atoms with Gasteiger partial charge < -0.3 is 0 Å². The molecule has 0 N–H and O–H groups in total. The number of halogens is 1. The number of rotatable bonds is 7. The maximum absolute atomic E-state index is 4.53. The molecule has 2 heterocycles. The Balaban J connectivity index is 2.23. The van der Waals surface area contributed by atoms with Crippen molar-refractivity contribution >= 4 is 51.2 Å². The van der Waals surface area contributed by atoms with Gasteiger partial charge >= 0.3 is 0 Å². The molecule has 0 amide bonds. The zero-order valence-corrected chi connectivity index (χ0v) is 17.6. The molecule has 2 aromatic heterocycles. The Morgan fingerprint density at radius 3 is 2.48 bits per heavy atom. The lowest BCUT2D eigenvalue weighted by molar-refractivity contribution is 0.668. The molecule has 0 radical (unpaired) electrons. The second-order valence-corrected chi connectivity index (χ2v) is 15.3. The fourth-order valence-electron chi connectivity index (χ4n) is 2.47. The van der Waals surface area contributed by atoms with Crippen molar-refractivity contribution in [1.29, 1.82) is 0 Å². The van der Waals surface area contributed by atoms with Crippen LogP contribution in [0, 0.1) is 0 Å². The van der Waals surface area contributed by atoms with Crippen molar-refractivity contribution in [3.63, 3.8) is 0 Å². The number of thiazole rings is 1. The van der Waals surface area contributed by atoms with Crippen molar-refractivity contribution in [3.05, 3.63) is 21.6 Å². The summed E-state index contributed by atoms with van der Waals surface area (Å²) in [6.45, 7) is 9.64. The summed E-state index contributed by atoms with van der Waals surface area (Å²) in [5, 5.41) is 1.16. The molecule has 0 aliphatic carbocycles. The van der Waals surface area contributed by atoms with Crippen LogP contribution in [0.4, 0.5) is 0 Å². The summed E-state index contributed by atoms with van der Waals surface area (Å²) >= 11 is 7.25. The summed E-state index contributed by atoms with van der Waals surface area (Å²) in [6.07, 6.45) is 8.50. The first-order valence-electron chi connectivity index (χ1n) is 7.66. The average molecular weight is 402 g/mol. The van der Waals surface area contributed by atoms with E-state index in [-0.39, 0.29) is 0 Å². The molecule has 5 heteroatoms. The summed E-state index contributed by atoms with van der Waals surface area (Å²) < 4.78 is 2.78. The minimum atomic E-state index is -1.27. The molecule has 21 heavy (non-hydrogen) atoms. The quantitative estimate of drug-likeness (QED) is 0.391. The van der Waals surface area contributed by atoms with Crippen molar-refractivity contribution in [2.75, 3.05) is 0 Å². The molecule has 0 bridgehead atoms. The van der Waals surface area contributed by atoms with Gasteiger partial charge in [0.15, 0.2) is 0 Å². The van der Waals surface area contributed by atoms with Gasteiger partial charge in [-0.1, -0.05) is 45.8 Å². The molecule has 0 aromatic carbocycles. The van der Waals surface area contributed by atoms with E-state index in [9.17, 15) is 0 Å². The first-order valence-corrected chi connectivity index (χ1v) is 13.6. The molecule has 0 atom stereocenters. The highest BCUT2D eigenvalue weighted by atomic mass is 79.9. The standard InChI is InChI=1S/C16H24BrNS2Si/c1-5-6-7-8-9-12-10-13(15-18-11-14(17)20-15)19-16(12)21(2,3)4/h10-11H,5-9H2,1-4H3. The molecule has 1 nitrogen and oxygen atoms in total. The maximum atomic E-state index is 4.53. The van der Waals surface area contributed by atoms with Crippen LogP contribution in [0.5, 0.6) is 0 Å². The summed E-state index contributed by atoms with van der Waals surface area (Å²) in [7, 11) is -1.27. The van der Waals surface area contributed by atoms with Gasteiger partial charge in [-0.25, -0.2) is 4.98 Å². The van der Waals surface area contributed by atoms with Gasteiger partial charge in [-0.15, -0.1) is 22.7 Å². The van der Waals surface area contributed by atoms with Crippen LogP contribution in [0.2, 0.25) is 19.6 Å². The molecule has 0 fully saturated rings. The van der Waals surface area contributed by atoms with Crippen molar-refractivity contribution < 1.29 is 0 Å². The predicted octanol–water partition coefficient (Wildman–Crippen LogP) is 6.30. The second-order valence-electron chi connectivity index (χ2n) is 6.50. The SMILES string of the molecule is CCCCCCc1cc(-c2ncc(Br)s2)sc1[Si](C)(C)C. The van der Waals surface area contributed by atoms with Gasteiger partial charge in [-0.05, 0) is 44.9 Å². The maximum Gasteiger partial charge on any atom is 0.134 e. The van der Waals surface area contributed by atoms with Gasteiger partial charge in [0.2, 0.25) is 0 Å². The van der Waals surface area contributed by atoms with Gasteiger partial charge in [0.25, 0.3) is 0 Å². The van der Waals surface area contributed by atoms with E-state index < -0.39 is 8.07 Å². The molecule has 2 aromatic rings. The third-order valence-electron chi connectivity index (χ3n) is 3.48. The summed E-state index contributed by atoms with van der Waals surface area (Å²) in [5.74, 6) is 0. The van der Waals surface area contributed by atoms with Crippen LogP contribution >= 0.6 is 38.6 Å². The Hall–Kier alpha value is 0.0269. The van der Waals surface area contributed by atoms with Gasteiger partial charge in [0.1, 0.15) is 5.01 Å². The molecular weight excluding hydrogens is 378 g/mol. The van der Waals surface area contributed by atoms with Gasteiger partial charge in [0.05, 0.1) is 22.9 Å². The van der Waals surface area contributed by atoms with Crippen LogP contribution in [0.15, 0.2) is 16.0 Å². The number of thiophene rings is 1. The van der Waals surface area contributed by atoms with E-state index >= 15 is 0 Å². The third kappa shape index (κ3) is 4.75. The zero-order valence-electron chi connectivity index (χ0n) is 13.3. The minimum Gasteiger partial charge on any atom is -0.242 e. The van der Waals surface area contributed by atoms with Crippen LogP contribution in [0.1, 0.15) is 38.2 Å². The first kappa shape index (κ1) is 17.4. The minimum absolute atomic E-state index is 1.12. The van der Waals surface area contributed by atoms with Crippen molar-refractivity contribution in [2.45, 2.75) is 58.7 Å². The molecule has 0 aliphatic heterocycles. The largest absolute Gasteiger partial charge is 0.242 e. The molecule has 0 unspecified atom stereocenters. The topological polar surface area (TPSA) is 12.9 Å². The Morgan fingerprint density at radius 2 is 1.90 bits per heavy atom. The second kappa shape index (κ2) is 7.53. The van der Waals surface area contributed by atoms with E-state index in [1.807, 2.05) is 17.5 Å². The van der Waals surface area contributed by atoms with E-state index in [0.29, 0.717) is 0 Å². The van der Waals surface area contributed by atoms with Crippen LogP contribution < -0.4 is 4.50 Å². The monoisotopic (exact) mass is 401 g/mol. The van der Waals surface area contributed by atoms with Gasteiger partial charge in [-0.3, -0.25) is 0 Å². The number of unbranched alkanes of at least 4 members (excludes halogenated alkanes) is 3. The fraction of sp³-hybridized carbons (Fsp3) is 0.562. The number of aromatic nitrogens is 1. The number of aryl methyl sites for hydroxylation is 1. The highest BCUT2D eigenvalue weighted by molar-refractivity contribution is 9.11. The number of hydrogen-bond acceptors (Lipinski definition) is 3. The highest BCUT2D eigenvalue weighted by Gasteiger charge is 2.24. The normalized spacial score (nSPS) is 12.0. The average Bonchev–Trinajstić information content (AvgIpc) is 3.00. The molecular formula is C16H24BrNS2Si. The van der Waals surface area contributed by atoms with E-state index in [0.717, 1.165) is 8.79 Å². The Labute approximate surface area is 146 Å². The lowest BCUT2D eigenvalue weighted by Crippen LogP contribution is -2.37. The third-order valence-corrected chi connectivity index (χ3v) is 9.94. The van der Waals surface area contributed by atoms with Gasteiger partial charge in [0, 0.05) is 0 Å². The van der Waals surface area contributed by atoms with E-state index in [1.165, 1.54) is 37.0 Å². The molecule has 2 rings (SSSR count). The van der Waals surface area contributed by atoms with Crippen molar-refractivity contribution in [2.24, 2.45) is 0 Å². The fourth-order valence-corrected chi connectivity index (χ4v) is 7.40. The summed E-state index contributed by atoms with van der Waals surface area (Å²) in [5.41, 5.74) is 1.59. The van der Waals surface area contributed by atoms with Crippen molar-refractivity contribution in [3.8, 4) is 9.88 Å². The molecule has 0 spiro atoms. The van der Waals surface area contributed by atoms with E-state index in [4.69, 9.17) is 0 Å². The lowest BCUT2D eigenvalue weighted by Gasteiger charge is -2.16. The first-order chi connectivity index (χ1) is 9.91. The smallest absolute Gasteiger partial charge is 0.134 e. The number of nitrogens with zero attached hydrogens (tertiary/aromatic N) is 1. The van der Waals surface area contributed by atoms with Crippen LogP contribution in [0.3, 0.4) is 0 Å². The van der Waals surface area contributed by atoms with Crippen molar-refractivity contribution in [1.82, 2.24) is 4.98 Å². The predicted molar refractivity (Wildman–Crippen MR) is 104 cm³/mol.